The molecule has 2 rings (SSSR count). The van der Waals surface area contributed by atoms with E-state index in [-0.39, 0.29) is 12.0 Å². The Kier molecular flexibility index (Phi) is 4.64. The third kappa shape index (κ3) is 3.78. The molecule has 0 aliphatic heterocycles. The highest BCUT2D eigenvalue weighted by Crippen LogP contribution is 2.26. The van der Waals surface area contributed by atoms with E-state index >= 15 is 0 Å². The first-order valence-electron chi connectivity index (χ1n) is 6.79. The van der Waals surface area contributed by atoms with Gasteiger partial charge in [0.1, 0.15) is 0 Å². The molecule has 2 saturated carbocycles. The van der Waals surface area contributed by atoms with E-state index in [4.69, 9.17) is 4.84 Å². The van der Waals surface area contributed by atoms with Crippen molar-refractivity contribution in [2.24, 2.45) is 5.92 Å². The Labute approximate surface area is 97.9 Å². The van der Waals surface area contributed by atoms with Gasteiger partial charge in [-0.2, -0.15) is 0 Å². The fourth-order valence-electron chi connectivity index (χ4n) is 2.85. The molecule has 2 aliphatic carbocycles. The van der Waals surface area contributed by atoms with Gasteiger partial charge >= 0.3 is 0 Å². The van der Waals surface area contributed by atoms with E-state index in [9.17, 15) is 4.79 Å². The van der Waals surface area contributed by atoms with Gasteiger partial charge < -0.3 is 0 Å². The number of carbonyl (C=O) groups excluding carboxylic acids is 1. The van der Waals surface area contributed by atoms with Crippen LogP contribution in [-0.2, 0) is 9.63 Å². The largest absolute Gasteiger partial charge is 0.273 e. The van der Waals surface area contributed by atoms with Crippen LogP contribution in [0.2, 0.25) is 0 Å². The third-order valence-corrected chi connectivity index (χ3v) is 3.84. The van der Waals surface area contributed by atoms with Gasteiger partial charge in [0.25, 0.3) is 0 Å². The fourth-order valence-corrected chi connectivity index (χ4v) is 2.85. The standard InChI is InChI=1S/C13H23NO2/c15-13(10-11-6-2-1-3-7-11)14-16-12-8-4-5-9-12/h11-12H,1-10H2,(H,14,15). The Hall–Kier alpha value is -0.570. The van der Waals surface area contributed by atoms with Gasteiger partial charge in [0.15, 0.2) is 0 Å². The summed E-state index contributed by atoms with van der Waals surface area (Å²) >= 11 is 0. The lowest BCUT2D eigenvalue weighted by Gasteiger charge is -2.21. The molecule has 2 aliphatic rings. The number of carbonyl (C=O) groups is 1. The van der Waals surface area contributed by atoms with Crippen molar-refractivity contribution in [1.29, 1.82) is 0 Å². The number of amides is 1. The predicted octanol–water partition coefficient (Wildman–Crippen LogP) is 2.95. The van der Waals surface area contributed by atoms with Crippen molar-refractivity contribution in [2.75, 3.05) is 0 Å². The highest BCUT2D eigenvalue weighted by Gasteiger charge is 2.19. The molecule has 1 N–H and O–H groups in total. The summed E-state index contributed by atoms with van der Waals surface area (Å²) in [6, 6.07) is 0. The van der Waals surface area contributed by atoms with Crippen molar-refractivity contribution in [3.05, 3.63) is 0 Å². The summed E-state index contributed by atoms with van der Waals surface area (Å²) in [5.41, 5.74) is 2.63. The maximum atomic E-state index is 11.6. The van der Waals surface area contributed by atoms with Gasteiger partial charge in [-0.3, -0.25) is 9.63 Å². The number of hydroxylamine groups is 1. The van der Waals surface area contributed by atoms with Crippen molar-refractivity contribution in [3.8, 4) is 0 Å². The van der Waals surface area contributed by atoms with Crippen LogP contribution in [0.25, 0.3) is 0 Å². The van der Waals surface area contributed by atoms with Crippen molar-refractivity contribution in [1.82, 2.24) is 5.48 Å². The fraction of sp³-hybridized carbons (Fsp3) is 0.923. The molecule has 0 unspecified atom stereocenters. The van der Waals surface area contributed by atoms with E-state index in [1.54, 1.807) is 0 Å². The van der Waals surface area contributed by atoms with E-state index in [0.717, 1.165) is 12.8 Å². The minimum absolute atomic E-state index is 0.0822. The molecular weight excluding hydrogens is 202 g/mol. The molecular formula is C13H23NO2. The zero-order valence-corrected chi connectivity index (χ0v) is 10.0. The summed E-state index contributed by atoms with van der Waals surface area (Å²) in [5.74, 6) is 0.680. The van der Waals surface area contributed by atoms with Crippen molar-refractivity contribution in [2.45, 2.75) is 70.3 Å². The number of nitrogens with one attached hydrogen (secondary N) is 1. The lowest BCUT2D eigenvalue weighted by atomic mass is 9.87. The SMILES string of the molecule is O=C(CC1CCCCC1)NOC1CCCC1. The van der Waals surface area contributed by atoms with Crippen LogP contribution in [0, 0.1) is 5.92 Å². The Bertz CT molecular complexity index is 218. The van der Waals surface area contributed by atoms with Gasteiger partial charge in [-0.25, -0.2) is 5.48 Å². The zero-order chi connectivity index (χ0) is 11.2. The minimum atomic E-state index is 0.0822. The summed E-state index contributed by atoms with van der Waals surface area (Å²) in [5, 5.41) is 0. The Morgan fingerprint density at radius 1 is 1.00 bits per heavy atom. The second-order valence-corrected chi connectivity index (χ2v) is 5.26. The van der Waals surface area contributed by atoms with Crippen LogP contribution in [0.1, 0.15) is 64.2 Å². The van der Waals surface area contributed by atoms with Gasteiger partial charge in [0.05, 0.1) is 6.10 Å². The molecule has 0 aromatic heterocycles. The van der Waals surface area contributed by atoms with E-state index in [2.05, 4.69) is 5.48 Å². The maximum absolute atomic E-state index is 11.6. The molecule has 0 spiro atoms. The first-order valence-corrected chi connectivity index (χ1v) is 6.79. The number of rotatable bonds is 4. The molecule has 3 heteroatoms. The van der Waals surface area contributed by atoms with Crippen LogP contribution in [0.3, 0.4) is 0 Å². The Balaban J connectivity index is 1.59. The molecule has 92 valence electrons. The summed E-state index contributed by atoms with van der Waals surface area (Å²) in [4.78, 5) is 17.0. The molecule has 0 bridgehead atoms. The monoisotopic (exact) mass is 225 g/mol. The summed E-state index contributed by atoms with van der Waals surface area (Å²) in [7, 11) is 0. The second kappa shape index (κ2) is 6.24. The van der Waals surface area contributed by atoms with Gasteiger partial charge in [-0.05, 0) is 31.6 Å². The van der Waals surface area contributed by atoms with Gasteiger partial charge in [-0.15, -0.1) is 0 Å². The molecule has 0 atom stereocenters. The smallest absolute Gasteiger partial charge is 0.243 e. The number of hydrogen-bond donors (Lipinski definition) is 1. The quantitative estimate of drug-likeness (QED) is 0.747. The van der Waals surface area contributed by atoms with Crippen LogP contribution in [0.4, 0.5) is 0 Å². The molecule has 2 fully saturated rings. The van der Waals surface area contributed by atoms with Crippen LogP contribution >= 0.6 is 0 Å². The second-order valence-electron chi connectivity index (χ2n) is 5.26. The van der Waals surface area contributed by atoms with Gasteiger partial charge in [-0.1, -0.05) is 32.1 Å². The summed E-state index contributed by atoms with van der Waals surface area (Å²) in [6.45, 7) is 0. The predicted molar refractivity (Wildman–Crippen MR) is 62.7 cm³/mol. The normalized spacial score (nSPS) is 23.5. The lowest BCUT2D eigenvalue weighted by Crippen LogP contribution is -2.30. The topological polar surface area (TPSA) is 38.3 Å². The van der Waals surface area contributed by atoms with E-state index < -0.39 is 0 Å². The van der Waals surface area contributed by atoms with E-state index in [1.165, 1.54) is 44.9 Å². The van der Waals surface area contributed by atoms with Gasteiger partial charge in [0, 0.05) is 6.42 Å². The highest BCUT2D eigenvalue weighted by molar-refractivity contribution is 5.75. The molecule has 1 amide bonds. The highest BCUT2D eigenvalue weighted by atomic mass is 16.7. The summed E-state index contributed by atoms with van der Waals surface area (Å²) in [6.07, 6.45) is 12.0. The van der Waals surface area contributed by atoms with E-state index in [0.29, 0.717) is 12.3 Å². The molecule has 0 radical (unpaired) electrons. The lowest BCUT2D eigenvalue weighted by molar-refractivity contribution is -0.139. The van der Waals surface area contributed by atoms with Crippen LogP contribution in [0.5, 0.6) is 0 Å². The average Bonchev–Trinajstić information content (AvgIpc) is 2.81. The first-order chi connectivity index (χ1) is 7.84. The molecule has 16 heavy (non-hydrogen) atoms. The molecule has 0 aromatic rings. The Morgan fingerprint density at radius 2 is 1.62 bits per heavy atom. The average molecular weight is 225 g/mol. The van der Waals surface area contributed by atoms with Crippen LogP contribution in [0.15, 0.2) is 0 Å². The molecule has 0 aromatic carbocycles. The van der Waals surface area contributed by atoms with Gasteiger partial charge in [0.2, 0.25) is 5.91 Å². The van der Waals surface area contributed by atoms with Crippen molar-refractivity contribution in [3.63, 3.8) is 0 Å². The van der Waals surface area contributed by atoms with Crippen LogP contribution < -0.4 is 5.48 Å². The zero-order valence-electron chi connectivity index (χ0n) is 10.0. The molecule has 0 heterocycles. The molecule has 0 saturated heterocycles. The Morgan fingerprint density at radius 3 is 2.31 bits per heavy atom. The maximum Gasteiger partial charge on any atom is 0.243 e. The third-order valence-electron chi connectivity index (χ3n) is 3.84. The van der Waals surface area contributed by atoms with Crippen LogP contribution in [-0.4, -0.2) is 12.0 Å². The van der Waals surface area contributed by atoms with Crippen molar-refractivity contribution < 1.29 is 9.63 Å². The van der Waals surface area contributed by atoms with Crippen molar-refractivity contribution >= 4 is 5.91 Å². The summed E-state index contributed by atoms with van der Waals surface area (Å²) < 4.78 is 0. The first kappa shape index (κ1) is 11.9. The minimum Gasteiger partial charge on any atom is -0.273 e. The number of hydrogen-bond acceptors (Lipinski definition) is 2. The van der Waals surface area contributed by atoms with E-state index in [1.807, 2.05) is 0 Å². The molecule has 3 nitrogen and oxygen atoms in total.